The minimum Gasteiger partial charge on any atom is -0.326 e. The van der Waals surface area contributed by atoms with E-state index in [-0.39, 0.29) is 5.56 Å². The van der Waals surface area contributed by atoms with E-state index in [0.717, 1.165) is 11.1 Å². The number of benzene rings is 1. The maximum Gasteiger partial charge on any atom is 0.253 e. The van der Waals surface area contributed by atoms with Crippen LogP contribution < -0.4 is 11.3 Å². The van der Waals surface area contributed by atoms with Gasteiger partial charge in [0.05, 0.1) is 12.9 Å². The van der Waals surface area contributed by atoms with E-state index in [2.05, 4.69) is 4.98 Å². The standard InChI is InChI=1S/C12H12ClN3O/c13-11-5-9(6-14)1-2-10(11)7-16-8-15-4-3-12(16)17/h1-5,8H,6-7,14H2. The first kappa shape index (κ1) is 11.8. The molecular weight excluding hydrogens is 238 g/mol. The lowest BCUT2D eigenvalue weighted by atomic mass is 10.1. The van der Waals surface area contributed by atoms with Crippen LogP contribution >= 0.6 is 11.6 Å². The van der Waals surface area contributed by atoms with Gasteiger partial charge in [0.25, 0.3) is 5.56 Å². The molecule has 17 heavy (non-hydrogen) atoms. The largest absolute Gasteiger partial charge is 0.326 e. The van der Waals surface area contributed by atoms with Crippen molar-refractivity contribution in [3.8, 4) is 0 Å². The monoisotopic (exact) mass is 249 g/mol. The third kappa shape index (κ3) is 2.72. The molecule has 0 spiro atoms. The van der Waals surface area contributed by atoms with Crippen molar-refractivity contribution >= 4 is 11.6 Å². The Kier molecular flexibility index (Phi) is 3.56. The van der Waals surface area contributed by atoms with Crippen LogP contribution in [0.25, 0.3) is 0 Å². The van der Waals surface area contributed by atoms with Crippen LogP contribution in [0.15, 0.2) is 41.6 Å². The van der Waals surface area contributed by atoms with Gasteiger partial charge in [0.15, 0.2) is 0 Å². The van der Waals surface area contributed by atoms with Gasteiger partial charge in [-0.3, -0.25) is 9.36 Å². The van der Waals surface area contributed by atoms with Gasteiger partial charge < -0.3 is 5.73 Å². The Morgan fingerprint density at radius 1 is 1.35 bits per heavy atom. The molecule has 0 aliphatic rings. The van der Waals surface area contributed by atoms with Gasteiger partial charge in [-0.25, -0.2) is 4.98 Å². The lowest BCUT2D eigenvalue weighted by Crippen LogP contribution is -2.19. The van der Waals surface area contributed by atoms with Gasteiger partial charge in [0.2, 0.25) is 0 Å². The lowest BCUT2D eigenvalue weighted by Gasteiger charge is -2.07. The number of aromatic nitrogens is 2. The Hall–Kier alpha value is -1.65. The summed E-state index contributed by atoms with van der Waals surface area (Å²) in [5.41, 5.74) is 7.27. The van der Waals surface area contributed by atoms with Gasteiger partial charge in [-0.15, -0.1) is 0 Å². The molecule has 1 aromatic heterocycles. The second-order valence-corrected chi connectivity index (χ2v) is 4.08. The molecule has 2 rings (SSSR count). The Morgan fingerprint density at radius 2 is 2.18 bits per heavy atom. The van der Waals surface area contributed by atoms with Crippen LogP contribution in [0.4, 0.5) is 0 Å². The molecule has 0 atom stereocenters. The van der Waals surface area contributed by atoms with Crippen molar-refractivity contribution in [3.05, 3.63) is 63.3 Å². The molecule has 1 heterocycles. The molecule has 0 saturated carbocycles. The maximum atomic E-state index is 11.5. The molecule has 4 nitrogen and oxygen atoms in total. The zero-order valence-electron chi connectivity index (χ0n) is 9.14. The van der Waals surface area contributed by atoms with E-state index in [0.29, 0.717) is 18.1 Å². The Balaban J connectivity index is 2.31. The van der Waals surface area contributed by atoms with Crippen molar-refractivity contribution in [2.45, 2.75) is 13.1 Å². The predicted octanol–water partition coefficient (Wildman–Crippen LogP) is 1.40. The Morgan fingerprint density at radius 3 is 2.82 bits per heavy atom. The summed E-state index contributed by atoms with van der Waals surface area (Å²) in [5.74, 6) is 0. The van der Waals surface area contributed by atoms with E-state index in [1.54, 1.807) is 0 Å². The van der Waals surface area contributed by atoms with Gasteiger partial charge in [-0.05, 0) is 17.2 Å². The number of nitrogens with two attached hydrogens (primary N) is 1. The third-order valence-electron chi connectivity index (χ3n) is 2.49. The zero-order valence-corrected chi connectivity index (χ0v) is 9.89. The van der Waals surface area contributed by atoms with Crippen molar-refractivity contribution in [1.82, 2.24) is 9.55 Å². The average Bonchev–Trinajstić information content (AvgIpc) is 2.34. The summed E-state index contributed by atoms with van der Waals surface area (Å²) in [6, 6.07) is 7.02. The average molecular weight is 250 g/mol. The van der Waals surface area contributed by atoms with Crippen molar-refractivity contribution in [2.75, 3.05) is 0 Å². The number of hydrogen-bond acceptors (Lipinski definition) is 3. The summed E-state index contributed by atoms with van der Waals surface area (Å²) in [4.78, 5) is 15.4. The number of hydrogen-bond donors (Lipinski definition) is 1. The van der Waals surface area contributed by atoms with Gasteiger partial charge >= 0.3 is 0 Å². The van der Waals surface area contributed by atoms with Crippen LogP contribution in [0, 0.1) is 0 Å². The van der Waals surface area contributed by atoms with Crippen LogP contribution in [0.3, 0.4) is 0 Å². The SMILES string of the molecule is NCc1ccc(Cn2cnccc2=O)c(Cl)c1. The van der Waals surface area contributed by atoms with E-state index in [1.807, 2.05) is 18.2 Å². The second kappa shape index (κ2) is 5.12. The van der Waals surface area contributed by atoms with Gasteiger partial charge in [-0.2, -0.15) is 0 Å². The summed E-state index contributed by atoms with van der Waals surface area (Å²) in [6.07, 6.45) is 2.97. The highest BCUT2D eigenvalue weighted by atomic mass is 35.5. The fraction of sp³-hybridized carbons (Fsp3) is 0.167. The topological polar surface area (TPSA) is 60.9 Å². The fourth-order valence-electron chi connectivity index (χ4n) is 1.53. The highest BCUT2D eigenvalue weighted by Gasteiger charge is 2.03. The first-order valence-electron chi connectivity index (χ1n) is 5.18. The molecule has 2 aromatic rings. The Bertz CT molecular complexity index is 580. The summed E-state index contributed by atoms with van der Waals surface area (Å²) in [7, 11) is 0. The molecule has 2 N–H and O–H groups in total. The minimum atomic E-state index is -0.0982. The predicted molar refractivity (Wildman–Crippen MR) is 66.9 cm³/mol. The van der Waals surface area contributed by atoms with Crippen molar-refractivity contribution < 1.29 is 0 Å². The van der Waals surface area contributed by atoms with Gasteiger partial charge in [0, 0.05) is 23.8 Å². The molecule has 0 fully saturated rings. The molecular formula is C12H12ClN3O. The van der Waals surface area contributed by atoms with Crippen molar-refractivity contribution in [1.29, 1.82) is 0 Å². The van der Waals surface area contributed by atoms with Crippen molar-refractivity contribution in [2.24, 2.45) is 5.73 Å². The lowest BCUT2D eigenvalue weighted by molar-refractivity contribution is 0.735. The summed E-state index contributed by atoms with van der Waals surface area (Å²) >= 11 is 6.12. The maximum absolute atomic E-state index is 11.5. The molecule has 0 aliphatic heterocycles. The summed E-state index contributed by atoms with van der Waals surface area (Å²) < 4.78 is 1.50. The summed E-state index contributed by atoms with van der Waals surface area (Å²) in [5, 5.41) is 0.615. The number of nitrogens with zero attached hydrogens (tertiary/aromatic N) is 2. The highest BCUT2D eigenvalue weighted by Crippen LogP contribution is 2.18. The third-order valence-corrected chi connectivity index (χ3v) is 2.84. The van der Waals surface area contributed by atoms with Crippen LogP contribution in [-0.4, -0.2) is 9.55 Å². The van der Waals surface area contributed by atoms with Crippen LogP contribution in [0.5, 0.6) is 0 Å². The van der Waals surface area contributed by atoms with Crippen LogP contribution in [0.1, 0.15) is 11.1 Å². The molecule has 0 unspecified atom stereocenters. The molecule has 0 aliphatic carbocycles. The first-order chi connectivity index (χ1) is 8.20. The quantitative estimate of drug-likeness (QED) is 0.895. The minimum absolute atomic E-state index is 0.0982. The highest BCUT2D eigenvalue weighted by molar-refractivity contribution is 6.31. The van der Waals surface area contributed by atoms with E-state index in [9.17, 15) is 4.79 Å². The van der Waals surface area contributed by atoms with E-state index in [4.69, 9.17) is 17.3 Å². The van der Waals surface area contributed by atoms with Gasteiger partial charge in [0.1, 0.15) is 0 Å². The van der Waals surface area contributed by atoms with E-state index < -0.39 is 0 Å². The van der Waals surface area contributed by atoms with Crippen LogP contribution in [0.2, 0.25) is 5.02 Å². The molecule has 0 saturated heterocycles. The van der Waals surface area contributed by atoms with Gasteiger partial charge in [-0.1, -0.05) is 23.7 Å². The van der Waals surface area contributed by atoms with E-state index in [1.165, 1.54) is 23.2 Å². The number of rotatable bonds is 3. The smallest absolute Gasteiger partial charge is 0.253 e. The molecule has 0 bridgehead atoms. The molecule has 88 valence electrons. The van der Waals surface area contributed by atoms with E-state index >= 15 is 0 Å². The normalized spacial score (nSPS) is 10.5. The zero-order chi connectivity index (χ0) is 12.3. The van der Waals surface area contributed by atoms with Crippen molar-refractivity contribution in [3.63, 3.8) is 0 Å². The fourth-order valence-corrected chi connectivity index (χ4v) is 1.79. The summed E-state index contributed by atoms with van der Waals surface area (Å²) in [6.45, 7) is 0.864. The Labute approximate surface area is 104 Å². The second-order valence-electron chi connectivity index (χ2n) is 3.68. The first-order valence-corrected chi connectivity index (χ1v) is 5.56. The van der Waals surface area contributed by atoms with Crippen LogP contribution in [-0.2, 0) is 13.1 Å². The molecule has 1 aromatic carbocycles. The molecule has 5 heteroatoms. The number of halogens is 1. The molecule has 0 radical (unpaired) electrons. The molecule has 0 amide bonds.